The van der Waals surface area contributed by atoms with Crippen LogP contribution in [0.2, 0.25) is 0 Å². The number of benzene rings is 1. The van der Waals surface area contributed by atoms with Crippen LogP contribution in [0, 0.1) is 0 Å². The normalized spacial score (nSPS) is 11.3. The van der Waals surface area contributed by atoms with Gasteiger partial charge in [-0.25, -0.2) is 0 Å². The summed E-state index contributed by atoms with van der Waals surface area (Å²) in [4.78, 5) is 0. The van der Waals surface area contributed by atoms with Crippen LogP contribution in [0.15, 0.2) is 29.4 Å². The van der Waals surface area contributed by atoms with Gasteiger partial charge in [-0.15, -0.1) is 0 Å². The monoisotopic (exact) mass is 333 g/mol. The zero-order chi connectivity index (χ0) is 11.5. The quantitative estimate of drug-likeness (QED) is 0.293. The van der Waals surface area contributed by atoms with Gasteiger partial charge in [0.2, 0.25) is 0 Å². The largest absolute Gasteiger partial charge is 1.00 e. The summed E-state index contributed by atoms with van der Waals surface area (Å²) in [5, 5.41) is 5.98. The van der Waals surface area contributed by atoms with Crippen molar-refractivity contribution in [2.24, 2.45) is 5.10 Å². The molecular formula is C12H20IN3. The molecule has 1 rings (SSSR count). The van der Waals surface area contributed by atoms with Crippen LogP contribution in [-0.2, 0) is 0 Å². The molecule has 0 N–H and O–H groups in total. The Morgan fingerprint density at radius 3 is 1.94 bits per heavy atom. The third-order valence-electron chi connectivity index (χ3n) is 2.11. The lowest BCUT2D eigenvalue weighted by Crippen LogP contribution is -3.00. The van der Waals surface area contributed by atoms with Crippen LogP contribution in [0.4, 0.5) is 5.69 Å². The summed E-state index contributed by atoms with van der Waals surface area (Å²) < 4.78 is 0.838. The Balaban J connectivity index is 0.00000225. The van der Waals surface area contributed by atoms with Crippen molar-refractivity contribution >= 4 is 11.9 Å². The van der Waals surface area contributed by atoms with Crippen molar-refractivity contribution in [2.75, 3.05) is 35.2 Å². The maximum absolute atomic E-state index is 4.19. The van der Waals surface area contributed by atoms with Crippen LogP contribution in [-0.4, -0.2) is 46.5 Å². The van der Waals surface area contributed by atoms with Crippen molar-refractivity contribution in [3.63, 3.8) is 0 Å². The van der Waals surface area contributed by atoms with E-state index in [1.807, 2.05) is 20.3 Å². The first-order chi connectivity index (χ1) is 6.89. The molecular weight excluding hydrogens is 313 g/mol. The predicted molar refractivity (Wildman–Crippen MR) is 67.3 cm³/mol. The second kappa shape index (κ2) is 6.20. The van der Waals surface area contributed by atoms with Gasteiger partial charge in [-0.1, -0.05) is 0 Å². The van der Waals surface area contributed by atoms with Crippen molar-refractivity contribution in [3.8, 4) is 0 Å². The Morgan fingerprint density at radius 2 is 1.56 bits per heavy atom. The van der Waals surface area contributed by atoms with E-state index in [4.69, 9.17) is 0 Å². The van der Waals surface area contributed by atoms with E-state index in [1.54, 1.807) is 5.01 Å². The molecule has 90 valence electrons. The Morgan fingerprint density at radius 1 is 1.06 bits per heavy atom. The number of halogens is 1. The van der Waals surface area contributed by atoms with Crippen LogP contribution >= 0.6 is 0 Å². The molecule has 0 amide bonds. The van der Waals surface area contributed by atoms with Crippen molar-refractivity contribution in [3.05, 3.63) is 29.8 Å². The molecule has 0 bridgehead atoms. The van der Waals surface area contributed by atoms with E-state index in [1.165, 1.54) is 5.69 Å². The van der Waals surface area contributed by atoms with Crippen LogP contribution in [0.3, 0.4) is 0 Å². The van der Waals surface area contributed by atoms with Crippen molar-refractivity contribution in [1.82, 2.24) is 9.49 Å². The lowest BCUT2D eigenvalue weighted by Gasteiger charge is -2.23. The lowest BCUT2D eigenvalue weighted by molar-refractivity contribution is -0.00000355. The highest BCUT2D eigenvalue weighted by Crippen LogP contribution is 2.16. The number of hydrogen-bond donors (Lipinski definition) is 0. The van der Waals surface area contributed by atoms with Gasteiger partial charge in [0.05, 0.1) is 27.4 Å². The molecule has 0 fully saturated rings. The third kappa shape index (κ3) is 4.94. The second-order valence-electron chi connectivity index (χ2n) is 4.70. The molecule has 0 heterocycles. The molecule has 0 aliphatic carbocycles. The highest BCUT2D eigenvalue weighted by Gasteiger charge is 2.10. The Bertz CT molecular complexity index is 336. The van der Waals surface area contributed by atoms with Crippen LogP contribution < -0.4 is 28.5 Å². The van der Waals surface area contributed by atoms with Gasteiger partial charge in [0.25, 0.3) is 0 Å². The number of hydrogen-bond acceptors (Lipinski definition) is 2. The molecule has 4 heteroatoms. The SMILES string of the molecule is CN(C)/N=C\c1ccc([N+](C)(C)C)cc1.[I-]. The predicted octanol–water partition coefficient (Wildman–Crippen LogP) is -1.22. The molecule has 0 saturated heterocycles. The Kier molecular flexibility index (Phi) is 5.96. The molecule has 0 aromatic heterocycles. The summed E-state index contributed by atoms with van der Waals surface area (Å²) >= 11 is 0. The second-order valence-corrected chi connectivity index (χ2v) is 4.70. The van der Waals surface area contributed by atoms with Gasteiger partial charge in [0.15, 0.2) is 0 Å². The molecule has 0 aliphatic heterocycles. The summed E-state index contributed by atoms with van der Waals surface area (Å²) in [6.07, 6.45) is 1.86. The van der Waals surface area contributed by atoms with Gasteiger partial charge in [-0.2, -0.15) is 5.10 Å². The minimum Gasteiger partial charge on any atom is -1.00 e. The molecule has 0 radical (unpaired) electrons. The van der Waals surface area contributed by atoms with Gasteiger partial charge < -0.3 is 29.0 Å². The number of hydrazone groups is 1. The summed E-state index contributed by atoms with van der Waals surface area (Å²) in [6, 6.07) is 8.45. The molecule has 0 aliphatic rings. The van der Waals surface area contributed by atoms with Gasteiger partial charge in [-0.05, 0) is 29.8 Å². The number of quaternary nitrogens is 1. The molecule has 1 aromatic carbocycles. The first-order valence-corrected chi connectivity index (χ1v) is 5.03. The van der Waals surface area contributed by atoms with E-state index in [9.17, 15) is 0 Å². The van der Waals surface area contributed by atoms with Crippen molar-refractivity contribution in [1.29, 1.82) is 0 Å². The average molecular weight is 333 g/mol. The maximum atomic E-state index is 4.19. The minimum absolute atomic E-state index is 0. The minimum atomic E-state index is 0. The van der Waals surface area contributed by atoms with Crippen molar-refractivity contribution < 1.29 is 24.0 Å². The smallest absolute Gasteiger partial charge is 0.132 e. The topological polar surface area (TPSA) is 15.6 Å². The first kappa shape index (κ1) is 15.4. The van der Waals surface area contributed by atoms with E-state index in [-0.39, 0.29) is 24.0 Å². The first-order valence-electron chi connectivity index (χ1n) is 5.03. The van der Waals surface area contributed by atoms with Crippen LogP contribution in [0.5, 0.6) is 0 Å². The van der Waals surface area contributed by atoms with E-state index < -0.39 is 0 Å². The zero-order valence-corrected chi connectivity index (χ0v) is 12.8. The third-order valence-corrected chi connectivity index (χ3v) is 2.11. The summed E-state index contributed by atoms with van der Waals surface area (Å²) in [5.74, 6) is 0. The van der Waals surface area contributed by atoms with E-state index in [0.717, 1.165) is 10.0 Å². The average Bonchev–Trinajstić information content (AvgIpc) is 2.14. The molecule has 3 nitrogen and oxygen atoms in total. The molecule has 0 unspecified atom stereocenters. The fraction of sp³-hybridized carbons (Fsp3) is 0.417. The van der Waals surface area contributed by atoms with Gasteiger partial charge in [0.1, 0.15) is 5.69 Å². The van der Waals surface area contributed by atoms with Crippen LogP contribution in [0.25, 0.3) is 0 Å². The summed E-state index contributed by atoms with van der Waals surface area (Å²) in [6.45, 7) is 0. The number of rotatable bonds is 3. The highest BCUT2D eigenvalue weighted by molar-refractivity contribution is 5.79. The van der Waals surface area contributed by atoms with E-state index in [2.05, 4.69) is 50.5 Å². The summed E-state index contributed by atoms with van der Waals surface area (Å²) in [7, 11) is 10.3. The lowest BCUT2D eigenvalue weighted by atomic mass is 10.2. The standard InChI is InChI=1S/C12H20N3.HI/c1-14(2)13-10-11-6-8-12(9-7-11)15(3,4)5;/h6-10H,1-5H3;1H/q+1;/p-1/b13-10-;. The molecule has 16 heavy (non-hydrogen) atoms. The van der Waals surface area contributed by atoms with Gasteiger partial charge in [-0.3, -0.25) is 4.48 Å². The fourth-order valence-electron chi connectivity index (χ4n) is 1.19. The molecule has 0 spiro atoms. The van der Waals surface area contributed by atoms with E-state index >= 15 is 0 Å². The fourth-order valence-corrected chi connectivity index (χ4v) is 1.19. The van der Waals surface area contributed by atoms with Crippen molar-refractivity contribution in [2.45, 2.75) is 0 Å². The number of nitrogens with zero attached hydrogens (tertiary/aromatic N) is 3. The summed E-state index contributed by atoms with van der Waals surface area (Å²) in [5.41, 5.74) is 2.41. The molecule has 0 atom stereocenters. The molecule has 0 saturated carbocycles. The van der Waals surface area contributed by atoms with Gasteiger partial charge in [0, 0.05) is 14.1 Å². The maximum Gasteiger partial charge on any atom is 0.132 e. The Hall–Kier alpha value is -0.620. The Labute approximate surface area is 115 Å². The van der Waals surface area contributed by atoms with Crippen LogP contribution in [0.1, 0.15) is 5.56 Å². The van der Waals surface area contributed by atoms with E-state index in [0.29, 0.717) is 0 Å². The zero-order valence-electron chi connectivity index (χ0n) is 10.6. The highest BCUT2D eigenvalue weighted by atomic mass is 127. The molecule has 1 aromatic rings. The van der Waals surface area contributed by atoms with Gasteiger partial charge >= 0.3 is 0 Å².